The third-order valence-corrected chi connectivity index (χ3v) is 3.80. The first-order chi connectivity index (χ1) is 6.86. The van der Waals surface area contributed by atoms with Crippen molar-refractivity contribution in [1.29, 1.82) is 0 Å². The van der Waals surface area contributed by atoms with Gasteiger partial charge in [-0.1, -0.05) is 19.3 Å². The molecule has 1 saturated heterocycles. The monoisotopic (exact) mass is 198 g/mol. The molecule has 1 aliphatic heterocycles. The molecule has 2 heteroatoms. The largest absolute Gasteiger partial charge is 0.393 e. The highest BCUT2D eigenvalue weighted by atomic mass is 16.5. The lowest BCUT2D eigenvalue weighted by Gasteiger charge is -2.30. The predicted octanol–water partition coefficient (Wildman–Crippen LogP) is 2.35. The van der Waals surface area contributed by atoms with E-state index in [9.17, 15) is 5.11 Å². The van der Waals surface area contributed by atoms with E-state index in [1.807, 2.05) is 0 Å². The van der Waals surface area contributed by atoms with Crippen molar-refractivity contribution < 1.29 is 9.84 Å². The van der Waals surface area contributed by atoms with Gasteiger partial charge in [0.05, 0.1) is 6.10 Å². The third kappa shape index (κ3) is 2.71. The van der Waals surface area contributed by atoms with Crippen LogP contribution in [-0.4, -0.2) is 24.4 Å². The number of aliphatic hydroxyl groups is 1. The van der Waals surface area contributed by atoms with E-state index >= 15 is 0 Å². The second-order valence-electron chi connectivity index (χ2n) is 4.91. The Morgan fingerprint density at radius 1 is 0.929 bits per heavy atom. The molecule has 0 aromatic carbocycles. The summed E-state index contributed by atoms with van der Waals surface area (Å²) in [6.07, 6.45) is 8.37. The van der Waals surface area contributed by atoms with Crippen LogP contribution in [0.25, 0.3) is 0 Å². The van der Waals surface area contributed by atoms with Crippen LogP contribution in [0.1, 0.15) is 44.9 Å². The molecular formula is C12H22O2. The standard InChI is InChI=1S/C12H22O2/c13-12-6-2-1-4-10(8-12)11-5-3-7-14-9-11/h10-13H,1-9H2. The fourth-order valence-electron chi connectivity index (χ4n) is 2.94. The maximum Gasteiger partial charge on any atom is 0.0543 e. The predicted molar refractivity (Wildman–Crippen MR) is 56.1 cm³/mol. The number of ether oxygens (including phenoxy) is 1. The van der Waals surface area contributed by atoms with Gasteiger partial charge in [0.15, 0.2) is 0 Å². The van der Waals surface area contributed by atoms with Gasteiger partial charge in [0.25, 0.3) is 0 Å². The Hall–Kier alpha value is -0.0800. The van der Waals surface area contributed by atoms with Crippen molar-refractivity contribution in [2.75, 3.05) is 13.2 Å². The van der Waals surface area contributed by atoms with Crippen LogP contribution in [0.4, 0.5) is 0 Å². The van der Waals surface area contributed by atoms with Crippen molar-refractivity contribution in [3.8, 4) is 0 Å². The normalized spacial score (nSPS) is 40.5. The lowest BCUT2D eigenvalue weighted by molar-refractivity contribution is 0.0174. The van der Waals surface area contributed by atoms with Crippen molar-refractivity contribution in [2.24, 2.45) is 11.8 Å². The van der Waals surface area contributed by atoms with E-state index in [0.717, 1.165) is 37.9 Å². The zero-order valence-electron chi connectivity index (χ0n) is 8.95. The van der Waals surface area contributed by atoms with Crippen LogP contribution in [0.5, 0.6) is 0 Å². The minimum absolute atomic E-state index is 0.0376. The maximum atomic E-state index is 9.75. The van der Waals surface area contributed by atoms with Gasteiger partial charge in [-0.2, -0.15) is 0 Å². The van der Waals surface area contributed by atoms with Gasteiger partial charge in [0.2, 0.25) is 0 Å². The van der Waals surface area contributed by atoms with Gasteiger partial charge in [-0.3, -0.25) is 0 Å². The molecule has 0 aromatic heterocycles. The van der Waals surface area contributed by atoms with Crippen LogP contribution < -0.4 is 0 Å². The summed E-state index contributed by atoms with van der Waals surface area (Å²) in [7, 11) is 0. The summed E-state index contributed by atoms with van der Waals surface area (Å²) >= 11 is 0. The third-order valence-electron chi connectivity index (χ3n) is 3.80. The highest BCUT2D eigenvalue weighted by Crippen LogP contribution is 2.33. The van der Waals surface area contributed by atoms with E-state index < -0.39 is 0 Å². The Morgan fingerprint density at radius 3 is 2.50 bits per heavy atom. The van der Waals surface area contributed by atoms with Gasteiger partial charge in [-0.05, 0) is 37.5 Å². The minimum Gasteiger partial charge on any atom is -0.393 e. The fourth-order valence-corrected chi connectivity index (χ4v) is 2.94. The van der Waals surface area contributed by atoms with Crippen molar-refractivity contribution in [2.45, 2.75) is 51.0 Å². The Bertz CT molecular complexity index is 164. The van der Waals surface area contributed by atoms with Crippen LogP contribution in [0, 0.1) is 11.8 Å². The molecule has 1 aliphatic carbocycles. The summed E-state index contributed by atoms with van der Waals surface area (Å²) in [6, 6.07) is 0. The summed E-state index contributed by atoms with van der Waals surface area (Å²) in [6.45, 7) is 1.89. The lowest BCUT2D eigenvalue weighted by atomic mass is 9.82. The Kier molecular flexibility index (Phi) is 3.82. The van der Waals surface area contributed by atoms with Gasteiger partial charge in [0.1, 0.15) is 0 Å². The molecule has 0 amide bonds. The summed E-state index contributed by atoms with van der Waals surface area (Å²) in [4.78, 5) is 0. The number of hydrogen-bond donors (Lipinski definition) is 1. The van der Waals surface area contributed by atoms with Crippen molar-refractivity contribution >= 4 is 0 Å². The number of rotatable bonds is 1. The molecule has 3 unspecified atom stereocenters. The second kappa shape index (κ2) is 5.13. The van der Waals surface area contributed by atoms with E-state index in [2.05, 4.69) is 0 Å². The van der Waals surface area contributed by atoms with E-state index in [1.165, 1.54) is 32.1 Å². The molecule has 82 valence electrons. The first-order valence-electron chi connectivity index (χ1n) is 6.12. The molecule has 1 N–H and O–H groups in total. The molecular weight excluding hydrogens is 176 g/mol. The van der Waals surface area contributed by atoms with E-state index in [1.54, 1.807) is 0 Å². The van der Waals surface area contributed by atoms with Crippen molar-refractivity contribution in [3.05, 3.63) is 0 Å². The zero-order chi connectivity index (χ0) is 9.80. The molecule has 2 nitrogen and oxygen atoms in total. The highest BCUT2D eigenvalue weighted by molar-refractivity contribution is 4.78. The van der Waals surface area contributed by atoms with Gasteiger partial charge in [-0.15, -0.1) is 0 Å². The average Bonchev–Trinajstić information content (AvgIpc) is 2.44. The second-order valence-corrected chi connectivity index (χ2v) is 4.91. The van der Waals surface area contributed by atoms with Crippen LogP contribution in [0.2, 0.25) is 0 Å². The Balaban J connectivity index is 1.87. The van der Waals surface area contributed by atoms with Crippen LogP contribution in [0.3, 0.4) is 0 Å². The topological polar surface area (TPSA) is 29.5 Å². The Morgan fingerprint density at radius 2 is 1.71 bits per heavy atom. The molecule has 14 heavy (non-hydrogen) atoms. The summed E-state index contributed by atoms with van der Waals surface area (Å²) in [5, 5.41) is 9.75. The van der Waals surface area contributed by atoms with Crippen LogP contribution in [-0.2, 0) is 4.74 Å². The molecule has 2 fully saturated rings. The Labute approximate surface area is 86.6 Å². The first-order valence-corrected chi connectivity index (χ1v) is 6.12. The smallest absolute Gasteiger partial charge is 0.0543 e. The molecule has 2 aliphatic rings. The molecule has 1 heterocycles. The van der Waals surface area contributed by atoms with Crippen LogP contribution >= 0.6 is 0 Å². The van der Waals surface area contributed by atoms with Gasteiger partial charge < -0.3 is 9.84 Å². The SMILES string of the molecule is OC1CCCCC(C2CCCOC2)C1. The zero-order valence-corrected chi connectivity index (χ0v) is 8.95. The number of hydrogen-bond acceptors (Lipinski definition) is 2. The quantitative estimate of drug-likeness (QED) is 0.655. The van der Waals surface area contributed by atoms with Crippen molar-refractivity contribution in [3.63, 3.8) is 0 Å². The van der Waals surface area contributed by atoms with Gasteiger partial charge in [-0.25, -0.2) is 0 Å². The highest BCUT2D eigenvalue weighted by Gasteiger charge is 2.27. The maximum absolute atomic E-state index is 9.75. The summed E-state index contributed by atoms with van der Waals surface area (Å²) in [5.74, 6) is 1.46. The molecule has 0 aromatic rings. The van der Waals surface area contributed by atoms with E-state index in [-0.39, 0.29) is 6.10 Å². The van der Waals surface area contributed by atoms with Gasteiger partial charge >= 0.3 is 0 Å². The van der Waals surface area contributed by atoms with E-state index in [0.29, 0.717) is 0 Å². The van der Waals surface area contributed by atoms with E-state index in [4.69, 9.17) is 4.74 Å². The number of aliphatic hydroxyl groups excluding tert-OH is 1. The molecule has 0 spiro atoms. The average molecular weight is 198 g/mol. The summed E-state index contributed by atoms with van der Waals surface area (Å²) in [5.41, 5.74) is 0. The van der Waals surface area contributed by atoms with Gasteiger partial charge in [0, 0.05) is 13.2 Å². The molecule has 1 saturated carbocycles. The minimum atomic E-state index is -0.0376. The molecule has 0 bridgehead atoms. The lowest BCUT2D eigenvalue weighted by Crippen LogP contribution is -2.27. The summed E-state index contributed by atoms with van der Waals surface area (Å²) < 4.78 is 5.53. The fraction of sp³-hybridized carbons (Fsp3) is 1.00. The van der Waals surface area contributed by atoms with Crippen LogP contribution in [0.15, 0.2) is 0 Å². The molecule has 2 rings (SSSR count). The molecule has 3 atom stereocenters. The first kappa shape index (κ1) is 10.4. The van der Waals surface area contributed by atoms with Crippen molar-refractivity contribution in [1.82, 2.24) is 0 Å². The molecule has 0 radical (unpaired) electrons.